The van der Waals surface area contributed by atoms with Crippen LogP contribution in [0.1, 0.15) is 20.3 Å². The van der Waals surface area contributed by atoms with E-state index in [-0.39, 0.29) is 10.9 Å². The molecule has 0 aliphatic carbocycles. The Morgan fingerprint density at radius 3 is 1.62 bits per heavy atom. The van der Waals surface area contributed by atoms with Crippen LogP contribution in [-0.4, -0.2) is 0 Å². The maximum atomic E-state index is 9.87. The standard InChI is InChI=1S/C17H17OS.F6P/c1-3-13(4-2)19-16-11-7-5-9-14(16)18-15-10-6-8-12-17(15)19;1-7(2,3,4,5)6/h3,5-12H,4H2,1-2H3;/q+1;-1/b13-3-;. The van der Waals surface area contributed by atoms with Crippen LogP contribution in [0.4, 0.5) is 25.2 Å². The zero-order valence-corrected chi connectivity index (χ0v) is 15.6. The number of allylic oxidation sites excluding steroid dienone is 2. The normalized spacial score (nSPS) is 16.8. The van der Waals surface area contributed by atoms with Crippen LogP contribution < -0.4 is 4.74 Å². The molecule has 26 heavy (non-hydrogen) atoms. The van der Waals surface area contributed by atoms with Gasteiger partial charge in [-0.2, -0.15) is 0 Å². The molecule has 0 spiro atoms. The molecule has 0 amide bonds. The zero-order chi connectivity index (χ0) is 19.7. The molecule has 0 saturated carbocycles. The number of fused-ring (bicyclic) bond motifs is 2. The van der Waals surface area contributed by atoms with Crippen molar-refractivity contribution in [1.29, 1.82) is 0 Å². The van der Waals surface area contributed by atoms with E-state index in [4.69, 9.17) is 4.74 Å². The Morgan fingerprint density at radius 1 is 0.885 bits per heavy atom. The average Bonchev–Trinajstić information content (AvgIpc) is 2.52. The van der Waals surface area contributed by atoms with E-state index < -0.39 is 7.81 Å². The average molecular weight is 414 g/mol. The molecule has 0 bridgehead atoms. The summed E-state index contributed by atoms with van der Waals surface area (Å²) in [6.07, 6.45) is 3.32. The van der Waals surface area contributed by atoms with E-state index in [2.05, 4.69) is 56.3 Å². The van der Waals surface area contributed by atoms with Crippen molar-refractivity contribution in [3.63, 3.8) is 0 Å². The van der Waals surface area contributed by atoms with Gasteiger partial charge < -0.3 is 4.74 Å². The van der Waals surface area contributed by atoms with Crippen LogP contribution in [0.5, 0.6) is 11.5 Å². The van der Waals surface area contributed by atoms with E-state index >= 15 is 0 Å². The monoisotopic (exact) mass is 414 g/mol. The summed E-state index contributed by atoms with van der Waals surface area (Å²) in [5.74, 6) is 2.00. The van der Waals surface area contributed by atoms with Crippen LogP contribution in [0.25, 0.3) is 0 Å². The number of hydrogen-bond donors (Lipinski definition) is 0. The van der Waals surface area contributed by atoms with Crippen LogP contribution in [0.15, 0.2) is 69.3 Å². The van der Waals surface area contributed by atoms with Gasteiger partial charge in [-0.15, -0.1) is 0 Å². The minimum atomic E-state index is -10.7. The van der Waals surface area contributed by atoms with Crippen LogP contribution >= 0.6 is 7.81 Å². The summed E-state index contributed by atoms with van der Waals surface area (Å²) in [7, 11) is -10.7. The molecule has 1 aliphatic heterocycles. The van der Waals surface area contributed by atoms with Gasteiger partial charge in [0.2, 0.25) is 9.79 Å². The fourth-order valence-electron chi connectivity index (χ4n) is 2.39. The molecule has 0 unspecified atom stereocenters. The molecular weight excluding hydrogens is 397 g/mol. The first-order valence-corrected chi connectivity index (χ1v) is 10.9. The molecule has 1 aliphatic rings. The summed E-state index contributed by atoms with van der Waals surface area (Å²) in [6.45, 7) is 4.36. The second-order valence-electron chi connectivity index (χ2n) is 5.37. The van der Waals surface area contributed by atoms with Crippen molar-refractivity contribution in [3.05, 3.63) is 59.5 Å². The molecule has 2 aromatic rings. The van der Waals surface area contributed by atoms with E-state index in [0.29, 0.717) is 0 Å². The van der Waals surface area contributed by atoms with E-state index in [0.717, 1.165) is 17.9 Å². The van der Waals surface area contributed by atoms with E-state index in [1.165, 1.54) is 14.7 Å². The Kier molecular flexibility index (Phi) is 5.16. The Bertz CT molecular complexity index is 776. The molecule has 0 N–H and O–H groups in total. The van der Waals surface area contributed by atoms with E-state index in [1.807, 2.05) is 12.1 Å². The summed E-state index contributed by atoms with van der Waals surface area (Å²) >= 11 is 0. The number of halogens is 6. The first kappa shape index (κ1) is 20.6. The number of para-hydroxylation sites is 2. The molecule has 0 radical (unpaired) electrons. The molecule has 2 aromatic carbocycles. The molecule has 9 heteroatoms. The maximum absolute atomic E-state index is 10.7. The number of benzene rings is 2. The fourth-order valence-corrected chi connectivity index (χ4v) is 4.77. The molecule has 3 rings (SSSR count). The van der Waals surface area contributed by atoms with Gasteiger partial charge in [-0.1, -0.05) is 31.2 Å². The van der Waals surface area contributed by atoms with Crippen molar-refractivity contribution in [2.45, 2.75) is 30.1 Å². The fraction of sp³-hybridized carbons (Fsp3) is 0.176. The van der Waals surface area contributed by atoms with Gasteiger partial charge >= 0.3 is 33.0 Å². The van der Waals surface area contributed by atoms with Crippen molar-refractivity contribution >= 4 is 18.7 Å². The van der Waals surface area contributed by atoms with Crippen LogP contribution in [0.3, 0.4) is 0 Å². The number of hydrogen-bond acceptors (Lipinski definition) is 1. The first-order chi connectivity index (χ1) is 11.8. The van der Waals surface area contributed by atoms with Crippen molar-refractivity contribution in [1.82, 2.24) is 0 Å². The number of rotatable bonds is 2. The molecule has 0 aromatic heterocycles. The van der Waals surface area contributed by atoms with Gasteiger partial charge in [0.1, 0.15) is 15.8 Å². The van der Waals surface area contributed by atoms with Crippen LogP contribution in [-0.2, 0) is 10.9 Å². The SMILES string of the molecule is C/C=C(/CC)[S+]1c2ccccc2Oc2ccccc21.F[P-](F)(F)(F)(F)F. The topological polar surface area (TPSA) is 9.23 Å². The van der Waals surface area contributed by atoms with Crippen LogP contribution in [0.2, 0.25) is 0 Å². The van der Waals surface area contributed by atoms with Crippen molar-refractivity contribution in [2.24, 2.45) is 0 Å². The van der Waals surface area contributed by atoms with Gasteiger partial charge in [-0.05, 0) is 37.3 Å². The summed E-state index contributed by atoms with van der Waals surface area (Å²) < 4.78 is 65.2. The molecule has 0 atom stereocenters. The summed E-state index contributed by atoms with van der Waals surface area (Å²) in [5, 5.41) is 0. The predicted octanol–water partition coefficient (Wildman–Crippen LogP) is 8.52. The third-order valence-corrected chi connectivity index (χ3v) is 5.89. The van der Waals surface area contributed by atoms with Crippen molar-refractivity contribution in [3.8, 4) is 11.5 Å². The van der Waals surface area contributed by atoms with Crippen molar-refractivity contribution in [2.75, 3.05) is 0 Å². The zero-order valence-electron chi connectivity index (χ0n) is 13.9. The van der Waals surface area contributed by atoms with Gasteiger partial charge in [0.05, 0.1) is 0 Å². The first-order valence-electron chi connectivity index (χ1n) is 7.62. The molecule has 144 valence electrons. The summed E-state index contributed by atoms with van der Waals surface area (Å²) in [6, 6.07) is 16.8. The van der Waals surface area contributed by atoms with Crippen molar-refractivity contribution < 1.29 is 29.9 Å². The van der Waals surface area contributed by atoms with E-state index in [9.17, 15) is 25.2 Å². The Balaban J connectivity index is 0.000000298. The third kappa shape index (κ3) is 6.25. The minimum absolute atomic E-state index is 0.00375. The molecule has 1 nitrogen and oxygen atoms in total. The third-order valence-electron chi connectivity index (χ3n) is 3.29. The molecule has 0 saturated heterocycles. The Labute approximate surface area is 150 Å². The van der Waals surface area contributed by atoms with Gasteiger partial charge in [0.25, 0.3) is 0 Å². The van der Waals surface area contributed by atoms with Gasteiger partial charge in [0.15, 0.2) is 11.5 Å². The molecule has 0 fully saturated rings. The number of ether oxygens (including phenoxy) is 1. The van der Waals surface area contributed by atoms with Gasteiger partial charge in [-0.25, -0.2) is 0 Å². The Hall–Kier alpha value is -1.66. The molecular formula is C17H17F6OPS. The predicted molar refractivity (Wildman–Crippen MR) is 94.5 cm³/mol. The van der Waals surface area contributed by atoms with Crippen LogP contribution in [0, 0.1) is 0 Å². The summed E-state index contributed by atoms with van der Waals surface area (Å²) in [4.78, 5) is 4.08. The van der Waals surface area contributed by atoms with Gasteiger partial charge in [0, 0.05) is 6.42 Å². The summed E-state index contributed by atoms with van der Waals surface area (Å²) in [5.41, 5.74) is 0. The molecule has 1 heterocycles. The van der Waals surface area contributed by atoms with E-state index in [1.54, 1.807) is 0 Å². The second kappa shape index (κ2) is 6.50. The Morgan fingerprint density at radius 2 is 1.27 bits per heavy atom. The second-order valence-corrected chi connectivity index (χ2v) is 9.30. The quantitative estimate of drug-likeness (QED) is 0.272. The van der Waals surface area contributed by atoms with Gasteiger partial charge in [-0.3, -0.25) is 0 Å².